The van der Waals surface area contributed by atoms with Crippen molar-refractivity contribution in [2.24, 2.45) is 5.92 Å². The van der Waals surface area contributed by atoms with E-state index in [4.69, 9.17) is 4.74 Å². The molecule has 0 aliphatic heterocycles. The van der Waals surface area contributed by atoms with Crippen LogP contribution < -0.4 is 26.6 Å². The van der Waals surface area contributed by atoms with Gasteiger partial charge in [0.05, 0.1) is 5.69 Å². The first-order chi connectivity index (χ1) is 19.2. The number of rotatable bonds is 8. The fraction of sp³-hybridized carbons (Fsp3) is 0.179. The first-order valence-electron chi connectivity index (χ1n) is 12.3. The van der Waals surface area contributed by atoms with Gasteiger partial charge in [0.25, 0.3) is 11.5 Å². The molecule has 1 fully saturated rings. The number of halogens is 2. The minimum Gasteiger partial charge on any atom is -0.454 e. The van der Waals surface area contributed by atoms with Crippen molar-refractivity contribution in [1.82, 2.24) is 14.1 Å². The van der Waals surface area contributed by atoms with Gasteiger partial charge >= 0.3 is 5.69 Å². The minimum absolute atomic E-state index is 0.0381. The molecule has 12 heteroatoms. The Morgan fingerprint density at radius 1 is 1.02 bits per heavy atom. The highest BCUT2D eigenvalue weighted by atomic mass is 19.1. The Labute approximate surface area is 225 Å². The van der Waals surface area contributed by atoms with Gasteiger partial charge in [-0.2, -0.15) is 0 Å². The molecule has 0 unspecified atom stereocenters. The molecule has 2 aromatic heterocycles. The fourth-order valence-corrected chi connectivity index (χ4v) is 4.00. The summed E-state index contributed by atoms with van der Waals surface area (Å²) in [5.41, 5.74) is -1.73. The summed E-state index contributed by atoms with van der Waals surface area (Å²) in [5, 5.41) is 4.98. The van der Waals surface area contributed by atoms with Crippen molar-refractivity contribution >= 4 is 23.3 Å². The van der Waals surface area contributed by atoms with E-state index in [1.807, 2.05) is 0 Å². The molecule has 0 bridgehead atoms. The lowest BCUT2D eigenvalue weighted by Crippen LogP contribution is -2.42. The monoisotopic (exact) mass is 547 g/mol. The Morgan fingerprint density at radius 3 is 2.45 bits per heavy atom. The molecular formula is C28H23F2N5O5. The predicted molar refractivity (Wildman–Crippen MR) is 142 cm³/mol. The molecule has 2 heterocycles. The molecule has 0 radical (unpaired) electrons. The molecule has 5 rings (SSSR count). The van der Waals surface area contributed by atoms with E-state index < -0.39 is 28.8 Å². The largest absolute Gasteiger partial charge is 0.454 e. The van der Waals surface area contributed by atoms with E-state index in [1.165, 1.54) is 60.3 Å². The topological polar surface area (TPSA) is 124 Å². The van der Waals surface area contributed by atoms with Crippen molar-refractivity contribution in [2.75, 3.05) is 10.6 Å². The summed E-state index contributed by atoms with van der Waals surface area (Å²) in [6.07, 6.45) is 4.42. The molecule has 0 spiro atoms. The number of anilines is 2. The van der Waals surface area contributed by atoms with Crippen LogP contribution in [0.15, 0.2) is 76.6 Å². The highest BCUT2D eigenvalue weighted by Gasteiger charge is 2.25. The smallest absolute Gasteiger partial charge is 0.335 e. The Kier molecular flexibility index (Phi) is 7.23. The number of aromatic nitrogens is 3. The number of nitrogens with one attached hydrogen (secondary N) is 2. The average molecular weight is 548 g/mol. The molecule has 10 nitrogen and oxygen atoms in total. The number of pyridine rings is 1. The van der Waals surface area contributed by atoms with E-state index >= 15 is 0 Å². The average Bonchev–Trinajstić information content (AvgIpc) is 3.72. The molecule has 4 aromatic rings. The number of benzene rings is 2. The second-order valence-corrected chi connectivity index (χ2v) is 9.30. The minimum atomic E-state index is -0.894. The number of hydrogen-bond donors (Lipinski definition) is 2. The maximum atomic E-state index is 14.9. The van der Waals surface area contributed by atoms with Crippen LogP contribution in [0.2, 0.25) is 0 Å². The summed E-state index contributed by atoms with van der Waals surface area (Å²) in [4.78, 5) is 54.7. The van der Waals surface area contributed by atoms with E-state index in [-0.39, 0.29) is 46.1 Å². The first-order valence-corrected chi connectivity index (χ1v) is 12.3. The van der Waals surface area contributed by atoms with E-state index in [0.717, 1.165) is 35.6 Å². The normalized spacial score (nSPS) is 12.6. The molecule has 2 N–H and O–H groups in total. The lowest BCUT2D eigenvalue weighted by molar-refractivity contribution is -0.114. The highest BCUT2D eigenvalue weighted by Crippen LogP contribution is 2.30. The number of nitrogens with zero attached hydrogens (tertiary/aromatic N) is 3. The maximum Gasteiger partial charge on any atom is 0.335 e. The Hall–Kier alpha value is -5.13. The molecule has 2 amide bonds. The van der Waals surface area contributed by atoms with Gasteiger partial charge in [-0.25, -0.2) is 23.1 Å². The van der Waals surface area contributed by atoms with Gasteiger partial charge < -0.3 is 15.4 Å². The number of carbonyl (C=O) groups excluding carboxylic acids is 2. The van der Waals surface area contributed by atoms with Gasteiger partial charge in [-0.3, -0.25) is 19.0 Å². The van der Waals surface area contributed by atoms with Crippen LogP contribution in [-0.2, 0) is 11.3 Å². The van der Waals surface area contributed by atoms with Gasteiger partial charge in [-0.05, 0) is 61.2 Å². The van der Waals surface area contributed by atoms with Gasteiger partial charge in [-0.1, -0.05) is 0 Å². The van der Waals surface area contributed by atoms with Crippen molar-refractivity contribution in [2.45, 2.75) is 26.3 Å². The third kappa shape index (κ3) is 5.96. The second kappa shape index (κ2) is 10.9. The number of amides is 2. The molecule has 0 saturated heterocycles. The highest BCUT2D eigenvalue weighted by molar-refractivity contribution is 6.03. The summed E-state index contributed by atoms with van der Waals surface area (Å²) in [6.45, 7) is 1.64. The summed E-state index contributed by atoms with van der Waals surface area (Å²) in [6, 6.07) is 11.3. The molecule has 2 aromatic carbocycles. The van der Waals surface area contributed by atoms with Crippen molar-refractivity contribution in [3.8, 4) is 17.2 Å². The van der Waals surface area contributed by atoms with E-state index in [9.17, 15) is 28.0 Å². The zero-order valence-electron chi connectivity index (χ0n) is 21.2. The van der Waals surface area contributed by atoms with Crippen LogP contribution in [0.3, 0.4) is 0 Å². The molecule has 0 atom stereocenters. The standard InChI is InChI=1S/C28H23F2N5O5/c1-16(36)32-25-13-21(10-11-31-25)40-24-9-6-19(12-23(24)30)33-26(37)22-15-34(14-17-2-3-17)28(39)35(27(22)38)20-7-4-18(29)5-8-20/h4-13,15,17H,2-3,14H2,1H3,(H,33,37)(H,31,32,36). The quantitative estimate of drug-likeness (QED) is 0.343. The molecule has 40 heavy (non-hydrogen) atoms. The predicted octanol–water partition coefficient (Wildman–Crippen LogP) is 4.09. The first kappa shape index (κ1) is 26.5. The van der Waals surface area contributed by atoms with Crippen molar-refractivity contribution in [3.63, 3.8) is 0 Å². The van der Waals surface area contributed by atoms with Crippen LogP contribution in [-0.4, -0.2) is 25.9 Å². The van der Waals surface area contributed by atoms with Crippen LogP contribution in [0.1, 0.15) is 30.1 Å². The van der Waals surface area contributed by atoms with Crippen molar-refractivity contribution in [3.05, 3.63) is 105 Å². The van der Waals surface area contributed by atoms with Gasteiger partial charge in [-0.15, -0.1) is 0 Å². The summed E-state index contributed by atoms with van der Waals surface area (Å²) in [7, 11) is 0. The second-order valence-electron chi connectivity index (χ2n) is 9.30. The lowest BCUT2D eigenvalue weighted by atomic mass is 10.2. The van der Waals surface area contributed by atoms with Crippen LogP contribution in [0.25, 0.3) is 5.69 Å². The summed E-state index contributed by atoms with van der Waals surface area (Å²) in [5.74, 6) is -2.00. The summed E-state index contributed by atoms with van der Waals surface area (Å²) < 4.78 is 36.0. The Morgan fingerprint density at radius 2 is 1.77 bits per heavy atom. The maximum absolute atomic E-state index is 14.9. The Balaban J connectivity index is 1.41. The zero-order chi connectivity index (χ0) is 28.4. The van der Waals surface area contributed by atoms with E-state index in [2.05, 4.69) is 15.6 Å². The van der Waals surface area contributed by atoms with Gasteiger partial charge in [0.2, 0.25) is 5.91 Å². The van der Waals surface area contributed by atoms with Crippen molar-refractivity contribution in [1.29, 1.82) is 0 Å². The number of carbonyl (C=O) groups is 2. The Bertz CT molecular complexity index is 1730. The van der Waals surface area contributed by atoms with Crippen LogP contribution in [0.4, 0.5) is 20.3 Å². The van der Waals surface area contributed by atoms with Crippen LogP contribution >= 0.6 is 0 Å². The molecule has 1 aliphatic carbocycles. The van der Waals surface area contributed by atoms with Gasteiger partial charge in [0, 0.05) is 43.7 Å². The van der Waals surface area contributed by atoms with Gasteiger partial charge in [0.1, 0.15) is 22.9 Å². The molecule has 204 valence electrons. The molecular weight excluding hydrogens is 524 g/mol. The van der Waals surface area contributed by atoms with Gasteiger partial charge in [0.15, 0.2) is 11.6 Å². The van der Waals surface area contributed by atoms with E-state index in [0.29, 0.717) is 6.54 Å². The number of hydrogen-bond acceptors (Lipinski definition) is 6. The fourth-order valence-electron chi connectivity index (χ4n) is 4.00. The van der Waals surface area contributed by atoms with E-state index in [1.54, 1.807) is 0 Å². The lowest BCUT2D eigenvalue weighted by Gasteiger charge is -2.14. The third-order valence-corrected chi connectivity index (χ3v) is 6.09. The summed E-state index contributed by atoms with van der Waals surface area (Å²) >= 11 is 0. The number of ether oxygens (including phenoxy) is 1. The SMILES string of the molecule is CC(=O)Nc1cc(Oc2ccc(NC(=O)c3cn(CC4CC4)c(=O)n(-c4ccc(F)cc4)c3=O)cc2F)ccn1. The molecule has 1 aliphatic rings. The zero-order valence-corrected chi connectivity index (χ0v) is 21.2. The van der Waals surface area contributed by atoms with Crippen molar-refractivity contribution < 1.29 is 23.1 Å². The van der Waals surface area contributed by atoms with Crippen LogP contribution in [0, 0.1) is 17.6 Å². The van der Waals surface area contributed by atoms with Crippen LogP contribution in [0.5, 0.6) is 11.5 Å². The third-order valence-electron chi connectivity index (χ3n) is 6.09. The molecule has 1 saturated carbocycles.